The third kappa shape index (κ3) is 3.97. The fraction of sp³-hybridized carbons (Fsp3) is 0.133. The molecule has 2 rings (SSSR count). The molecular weight excluding hydrogens is 304 g/mol. The van der Waals surface area contributed by atoms with E-state index in [2.05, 4.69) is 16.0 Å². The lowest BCUT2D eigenvalue weighted by Gasteiger charge is -2.06. The quantitative estimate of drug-likeness (QED) is 0.781. The molecule has 0 atom stereocenters. The second kappa shape index (κ2) is 6.93. The van der Waals surface area contributed by atoms with Crippen molar-refractivity contribution >= 4 is 15.9 Å². The van der Waals surface area contributed by atoms with Crippen LogP contribution in [0.4, 0.5) is 0 Å². The van der Waals surface area contributed by atoms with Crippen LogP contribution in [0, 0.1) is 12.3 Å². The van der Waals surface area contributed by atoms with Crippen LogP contribution in [-0.2, 0) is 16.6 Å². The van der Waals surface area contributed by atoms with E-state index in [9.17, 15) is 13.2 Å². The van der Waals surface area contributed by atoms with Gasteiger partial charge in [0.25, 0.3) is 5.91 Å². The van der Waals surface area contributed by atoms with Crippen LogP contribution in [0.2, 0.25) is 0 Å². The van der Waals surface area contributed by atoms with Crippen LogP contribution in [-0.4, -0.2) is 20.9 Å². The summed E-state index contributed by atoms with van der Waals surface area (Å²) in [5.74, 6) is 2.44. The largest absolute Gasteiger partial charge is 0.468 e. The Morgan fingerprint density at radius 1 is 1.23 bits per heavy atom. The van der Waals surface area contributed by atoms with Gasteiger partial charge in [-0.05, 0) is 36.4 Å². The monoisotopic (exact) mass is 318 g/mol. The Kier molecular flexibility index (Phi) is 4.99. The Bertz CT molecular complexity index is 772. The molecule has 114 valence electrons. The summed E-state index contributed by atoms with van der Waals surface area (Å²) in [4.78, 5) is 11.7. The molecule has 1 aromatic carbocycles. The van der Waals surface area contributed by atoms with Gasteiger partial charge < -0.3 is 9.73 Å². The van der Waals surface area contributed by atoms with E-state index >= 15 is 0 Å². The minimum Gasteiger partial charge on any atom is -0.468 e. The van der Waals surface area contributed by atoms with Gasteiger partial charge in [0, 0.05) is 5.56 Å². The number of nitrogens with one attached hydrogen (secondary N) is 2. The van der Waals surface area contributed by atoms with Gasteiger partial charge in [0.1, 0.15) is 5.76 Å². The summed E-state index contributed by atoms with van der Waals surface area (Å²) >= 11 is 0. The smallest absolute Gasteiger partial charge is 0.252 e. The van der Waals surface area contributed by atoms with Crippen molar-refractivity contribution in [1.29, 1.82) is 0 Å². The average molecular weight is 318 g/mol. The summed E-state index contributed by atoms with van der Waals surface area (Å²) in [6, 6.07) is 8.90. The molecule has 0 spiro atoms. The SMILES string of the molecule is C#CCNC(=O)c1ccc(S(=O)(=O)NCc2ccco2)cc1. The molecule has 0 bridgehead atoms. The maximum atomic E-state index is 12.1. The first-order valence-corrected chi connectivity index (χ1v) is 7.85. The molecule has 2 aromatic rings. The molecule has 0 aliphatic heterocycles. The van der Waals surface area contributed by atoms with Crippen molar-refractivity contribution < 1.29 is 17.6 Å². The molecule has 0 aliphatic rings. The summed E-state index contributed by atoms with van der Waals surface area (Å²) in [7, 11) is -3.67. The van der Waals surface area contributed by atoms with Gasteiger partial charge in [-0.1, -0.05) is 5.92 Å². The topological polar surface area (TPSA) is 88.4 Å². The van der Waals surface area contributed by atoms with Gasteiger partial charge in [-0.3, -0.25) is 4.79 Å². The lowest BCUT2D eigenvalue weighted by atomic mass is 10.2. The minimum atomic E-state index is -3.67. The molecule has 0 fully saturated rings. The molecular formula is C15H14N2O4S. The van der Waals surface area contributed by atoms with Crippen molar-refractivity contribution in [2.45, 2.75) is 11.4 Å². The van der Waals surface area contributed by atoms with E-state index in [1.807, 2.05) is 0 Å². The lowest BCUT2D eigenvalue weighted by Crippen LogP contribution is -2.24. The second-order valence-corrected chi connectivity index (χ2v) is 6.08. The van der Waals surface area contributed by atoms with Crippen LogP contribution in [0.15, 0.2) is 52.0 Å². The second-order valence-electron chi connectivity index (χ2n) is 4.32. The number of sulfonamides is 1. The predicted octanol–water partition coefficient (Wildman–Crippen LogP) is 1.12. The molecule has 0 aliphatic carbocycles. The van der Waals surface area contributed by atoms with Crippen molar-refractivity contribution in [2.24, 2.45) is 0 Å². The normalized spacial score (nSPS) is 10.9. The first kappa shape index (κ1) is 15.8. The van der Waals surface area contributed by atoms with E-state index < -0.39 is 10.0 Å². The molecule has 1 aromatic heterocycles. The predicted molar refractivity (Wildman–Crippen MR) is 80.3 cm³/mol. The van der Waals surface area contributed by atoms with Crippen LogP contribution in [0.25, 0.3) is 0 Å². The zero-order valence-corrected chi connectivity index (χ0v) is 12.4. The Morgan fingerprint density at radius 2 is 1.95 bits per heavy atom. The number of furan rings is 1. The highest BCUT2D eigenvalue weighted by atomic mass is 32.2. The van der Waals surface area contributed by atoms with Crippen molar-refractivity contribution in [3.05, 3.63) is 54.0 Å². The van der Waals surface area contributed by atoms with E-state index in [0.29, 0.717) is 11.3 Å². The highest BCUT2D eigenvalue weighted by Gasteiger charge is 2.15. The minimum absolute atomic E-state index is 0.0553. The van der Waals surface area contributed by atoms with Gasteiger partial charge in [0.2, 0.25) is 10.0 Å². The maximum absolute atomic E-state index is 12.1. The zero-order chi connectivity index (χ0) is 16.0. The first-order chi connectivity index (χ1) is 10.5. The first-order valence-electron chi connectivity index (χ1n) is 6.37. The molecule has 1 heterocycles. The third-order valence-electron chi connectivity index (χ3n) is 2.79. The number of terminal acetylenes is 1. The van der Waals surface area contributed by atoms with E-state index in [4.69, 9.17) is 10.8 Å². The van der Waals surface area contributed by atoms with Gasteiger partial charge in [0.05, 0.1) is 24.2 Å². The molecule has 0 radical (unpaired) electrons. The summed E-state index contributed by atoms with van der Waals surface area (Å²) < 4.78 is 31.7. The number of hydrogen-bond acceptors (Lipinski definition) is 4. The molecule has 22 heavy (non-hydrogen) atoms. The van der Waals surface area contributed by atoms with Crippen molar-refractivity contribution in [3.8, 4) is 12.3 Å². The van der Waals surface area contributed by atoms with Gasteiger partial charge in [-0.15, -0.1) is 6.42 Å². The number of benzene rings is 1. The molecule has 1 amide bonds. The summed E-state index contributed by atoms with van der Waals surface area (Å²) in [5, 5.41) is 2.50. The van der Waals surface area contributed by atoms with E-state index in [1.165, 1.54) is 30.5 Å². The molecule has 0 unspecified atom stereocenters. The molecule has 7 heteroatoms. The average Bonchev–Trinajstić information content (AvgIpc) is 3.04. The highest BCUT2D eigenvalue weighted by molar-refractivity contribution is 7.89. The zero-order valence-electron chi connectivity index (χ0n) is 11.6. The van der Waals surface area contributed by atoms with Crippen LogP contribution in [0.3, 0.4) is 0 Å². The summed E-state index contributed by atoms with van der Waals surface area (Å²) in [6.45, 7) is 0.170. The number of hydrogen-bond donors (Lipinski definition) is 2. The Balaban J connectivity index is 2.05. The fourth-order valence-corrected chi connectivity index (χ4v) is 2.67. The summed E-state index contributed by atoms with van der Waals surface area (Å²) in [6.07, 6.45) is 6.52. The Morgan fingerprint density at radius 3 is 2.55 bits per heavy atom. The Hall–Kier alpha value is -2.56. The summed E-state index contributed by atoms with van der Waals surface area (Å²) in [5.41, 5.74) is 0.334. The molecule has 6 nitrogen and oxygen atoms in total. The van der Waals surface area contributed by atoms with E-state index in [0.717, 1.165) is 0 Å². The molecule has 0 saturated carbocycles. The van der Waals surface area contributed by atoms with Gasteiger partial charge in [-0.2, -0.15) is 0 Å². The number of rotatable bonds is 6. The Labute approximate surface area is 128 Å². The molecule has 0 saturated heterocycles. The van der Waals surface area contributed by atoms with Gasteiger partial charge >= 0.3 is 0 Å². The number of carbonyl (C=O) groups is 1. The van der Waals surface area contributed by atoms with Crippen LogP contribution in [0.5, 0.6) is 0 Å². The van der Waals surface area contributed by atoms with Crippen LogP contribution < -0.4 is 10.0 Å². The van der Waals surface area contributed by atoms with Gasteiger partial charge in [0.15, 0.2) is 0 Å². The third-order valence-corrected chi connectivity index (χ3v) is 4.21. The maximum Gasteiger partial charge on any atom is 0.252 e. The lowest BCUT2D eigenvalue weighted by molar-refractivity contribution is 0.0958. The van der Waals surface area contributed by atoms with Crippen molar-refractivity contribution in [1.82, 2.24) is 10.0 Å². The van der Waals surface area contributed by atoms with Crippen molar-refractivity contribution in [2.75, 3.05) is 6.54 Å². The standard InChI is InChI=1S/C15H14N2O4S/c1-2-9-16-15(18)12-5-7-14(8-6-12)22(19,20)17-11-13-4-3-10-21-13/h1,3-8,10,17H,9,11H2,(H,16,18). The van der Waals surface area contributed by atoms with Crippen LogP contribution >= 0.6 is 0 Å². The number of amides is 1. The van der Waals surface area contributed by atoms with E-state index in [-0.39, 0.29) is 23.9 Å². The molecule has 2 N–H and O–H groups in total. The van der Waals surface area contributed by atoms with Crippen molar-refractivity contribution in [3.63, 3.8) is 0 Å². The number of carbonyl (C=O) groups excluding carboxylic acids is 1. The van der Waals surface area contributed by atoms with E-state index in [1.54, 1.807) is 12.1 Å². The fourth-order valence-electron chi connectivity index (χ4n) is 1.68. The highest BCUT2D eigenvalue weighted by Crippen LogP contribution is 2.11. The van der Waals surface area contributed by atoms with Gasteiger partial charge in [-0.25, -0.2) is 13.1 Å². The van der Waals surface area contributed by atoms with Crippen LogP contribution in [0.1, 0.15) is 16.1 Å².